The first kappa shape index (κ1) is 18.0. The predicted molar refractivity (Wildman–Crippen MR) is 87.1 cm³/mol. The smallest absolute Gasteiger partial charge is 0.257 e. The maximum atomic E-state index is 12.7. The van der Waals surface area contributed by atoms with Crippen molar-refractivity contribution in [3.8, 4) is 0 Å². The van der Waals surface area contributed by atoms with Gasteiger partial charge in [-0.15, -0.1) is 12.4 Å². The molecule has 2 heterocycles. The van der Waals surface area contributed by atoms with Gasteiger partial charge in [-0.05, 0) is 40.2 Å². The molecule has 0 aromatic carbocycles. The molecule has 0 aliphatic carbocycles. The molecule has 5 nitrogen and oxygen atoms in total. The largest absolute Gasteiger partial charge is 0.334 e. The van der Waals surface area contributed by atoms with Crippen LogP contribution in [-0.2, 0) is 5.54 Å². The fourth-order valence-corrected chi connectivity index (χ4v) is 2.56. The van der Waals surface area contributed by atoms with Gasteiger partial charge in [-0.1, -0.05) is 6.92 Å². The molecule has 1 N–H and O–H groups in total. The molecule has 1 aromatic heterocycles. The van der Waals surface area contributed by atoms with Gasteiger partial charge in [0.05, 0.1) is 17.3 Å². The summed E-state index contributed by atoms with van der Waals surface area (Å²) in [5.74, 6) is 0.107. The van der Waals surface area contributed by atoms with Gasteiger partial charge in [-0.25, -0.2) is 0 Å². The molecule has 2 rings (SSSR count). The lowest BCUT2D eigenvalue weighted by molar-refractivity contribution is 0.0692. The van der Waals surface area contributed by atoms with E-state index in [1.54, 1.807) is 6.20 Å². The number of nitrogens with one attached hydrogen (secondary N) is 1. The number of amides is 1. The van der Waals surface area contributed by atoms with Crippen molar-refractivity contribution in [3.05, 3.63) is 18.0 Å². The Kier molecular flexibility index (Phi) is 6.23. The zero-order valence-corrected chi connectivity index (χ0v) is 14.2. The molecular formula is C15H27ClN4O. The molecule has 0 bridgehead atoms. The zero-order valence-electron chi connectivity index (χ0n) is 13.4. The number of aromatic nitrogens is 2. The maximum Gasteiger partial charge on any atom is 0.257 e. The van der Waals surface area contributed by atoms with Gasteiger partial charge < -0.3 is 10.2 Å². The standard InChI is InChI=1S/C15H26N4O.ClH/c1-5-8-18(13-6-7-16-10-13)14(20)12-9-17-19(11-12)15(2,3)4;/h9,11,13,16H,5-8,10H2,1-4H3;1H. The van der Waals surface area contributed by atoms with Crippen molar-refractivity contribution in [3.63, 3.8) is 0 Å². The van der Waals surface area contributed by atoms with Gasteiger partial charge in [-0.2, -0.15) is 5.10 Å². The molecule has 21 heavy (non-hydrogen) atoms. The minimum absolute atomic E-state index is 0. The molecule has 1 aliphatic rings. The molecule has 1 fully saturated rings. The monoisotopic (exact) mass is 314 g/mol. The van der Waals surface area contributed by atoms with Crippen LogP contribution in [0.2, 0.25) is 0 Å². The highest BCUT2D eigenvalue weighted by Gasteiger charge is 2.28. The Labute approximate surface area is 133 Å². The number of halogens is 1. The summed E-state index contributed by atoms with van der Waals surface area (Å²) in [5.41, 5.74) is 0.600. The van der Waals surface area contributed by atoms with E-state index in [9.17, 15) is 4.79 Å². The normalized spacial score (nSPS) is 18.4. The Morgan fingerprint density at radius 3 is 2.71 bits per heavy atom. The van der Waals surface area contributed by atoms with Crippen LogP contribution in [0.5, 0.6) is 0 Å². The molecule has 120 valence electrons. The fourth-order valence-electron chi connectivity index (χ4n) is 2.56. The van der Waals surface area contributed by atoms with Crippen LogP contribution >= 0.6 is 12.4 Å². The molecule has 1 amide bonds. The van der Waals surface area contributed by atoms with E-state index in [1.165, 1.54) is 0 Å². The van der Waals surface area contributed by atoms with Gasteiger partial charge in [0.1, 0.15) is 0 Å². The second kappa shape index (κ2) is 7.27. The van der Waals surface area contributed by atoms with Crippen molar-refractivity contribution in [2.24, 2.45) is 0 Å². The molecule has 1 unspecified atom stereocenters. The van der Waals surface area contributed by atoms with Crippen molar-refractivity contribution in [2.45, 2.75) is 52.1 Å². The quantitative estimate of drug-likeness (QED) is 0.927. The third-order valence-corrected chi connectivity index (χ3v) is 3.72. The first-order chi connectivity index (χ1) is 9.43. The van der Waals surface area contributed by atoms with E-state index in [1.807, 2.05) is 15.8 Å². The summed E-state index contributed by atoms with van der Waals surface area (Å²) in [6.07, 6.45) is 5.58. The van der Waals surface area contributed by atoms with Crippen molar-refractivity contribution in [1.29, 1.82) is 0 Å². The fraction of sp³-hybridized carbons (Fsp3) is 0.733. The van der Waals surface area contributed by atoms with E-state index >= 15 is 0 Å². The van der Waals surface area contributed by atoms with Gasteiger partial charge in [0.2, 0.25) is 0 Å². The van der Waals surface area contributed by atoms with Crippen LogP contribution in [0, 0.1) is 0 Å². The SMILES string of the molecule is CCCN(C(=O)c1cnn(C(C)(C)C)c1)C1CCNC1.Cl. The first-order valence-electron chi connectivity index (χ1n) is 7.50. The molecule has 6 heteroatoms. The van der Waals surface area contributed by atoms with Crippen LogP contribution in [0.4, 0.5) is 0 Å². The Morgan fingerprint density at radius 2 is 2.24 bits per heavy atom. The van der Waals surface area contributed by atoms with E-state index in [2.05, 4.69) is 38.1 Å². The molecule has 1 aromatic rings. The van der Waals surface area contributed by atoms with Crippen LogP contribution in [0.3, 0.4) is 0 Å². The highest BCUT2D eigenvalue weighted by Crippen LogP contribution is 2.17. The van der Waals surface area contributed by atoms with Crippen molar-refractivity contribution in [2.75, 3.05) is 19.6 Å². The van der Waals surface area contributed by atoms with Crippen molar-refractivity contribution >= 4 is 18.3 Å². The summed E-state index contributed by atoms with van der Waals surface area (Å²) >= 11 is 0. The molecule has 1 saturated heterocycles. The number of carbonyl (C=O) groups excluding carboxylic acids is 1. The van der Waals surface area contributed by atoms with Crippen LogP contribution in [0.1, 0.15) is 50.9 Å². The van der Waals surface area contributed by atoms with E-state index in [4.69, 9.17) is 0 Å². The van der Waals surface area contributed by atoms with Gasteiger partial charge in [0.25, 0.3) is 5.91 Å². The Bertz CT molecular complexity index is 460. The molecule has 1 atom stereocenters. The van der Waals surface area contributed by atoms with Gasteiger partial charge in [-0.3, -0.25) is 9.48 Å². The number of rotatable bonds is 4. The number of nitrogens with zero attached hydrogens (tertiary/aromatic N) is 3. The molecule has 0 saturated carbocycles. The second-order valence-corrected chi connectivity index (χ2v) is 6.49. The van der Waals surface area contributed by atoms with E-state index in [0.717, 1.165) is 32.5 Å². The highest BCUT2D eigenvalue weighted by atomic mass is 35.5. The minimum atomic E-state index is -0.0942. The van der Waals surface area contributed by atoms with E-state index in [-0.39, 0.29) is 23.9 Å². The Balaban J connectivity index is 0.00000220. The number of hydrogen-bond donors (Lipinski definition) is 1. The summed E-state index contributed by atoms with van der Waals surface area (Å²) < 4.78 is 1.86. The minimum Gasteiger partial charge on any atom is -0.334 e. The average Bonchev–Trinajstić information content (AvgIpc) is 3.04. The van der Waals surface area contributed by atoms with Crippen LogP contribution in [0.15, 0.2) is 12.4 Å². The average molecular weight is 315 g/mol. The predicted octanol–water partition coefficient (Wildman–Crippen LogP) is 2.27. The lowest BCUT2D eigenvalue weighted by atomic mass is 10.1. The lowest BCUT2D eigenvalue weighted by Gasteiger charge is -2.27. The third kappa shape index (κ3) is 4.20. The summed E-state index contributed by atoms with van der Waals surface area (Å²) in [6, 6.07) is 0.320. The lowest BCUT2D eigenvalue weighted by Crippen LogP contribution is -2.42. The van der Waals surface area contributed by atoms with Gasteiger partial charge in [0.15, 0.2) is 0 Å². The maximum absolute atomic E-state index is 12.7. The van der Waals surface area contributed by atoms with Crippen molar-refractivity contribution < 1.29 is 4.79 Å². The highest BCUT2D eigenvalue weighted by molar-refractivity contribution is 5.94. The van der Waals surface area contributed by atoms with Crippen LogP contribution in [0.25, 0.3) is 0 Å². The second-order valence-electron chi connectivity index (χ2n) is 6.49. The Hall–Kier alpha value is -1.07. The van der Waals surface area contributed by atoms with Crippen LogP contribution < -0.4 is 5.32 Å². The first-order valence-corrected chi connectivity index (χ1v) is 7.50. The van der Waals surface area contributed by atoms with E-state index in [0.29, 0.717) is 11.6 Å². The van der Waals surface area contributed by atoms with E-state index < -0.39 is 0 Å². The summed E-state index contributed by atoms with van der Waals surface area (Å²) in [4.78, 5) is 14.7. The van der Waals surface area contributed by atoms with Gasteiger partial charge in [0, 0.05) is 25.3 Å². The molecule has 1 aliphatic heterocycles. The number of carbonyl (C=O) groups is 1. The Morgan fingerprint density at radius 1 is 1.52 bits per heavy atom. The molecule has 0 radical (unpaired) electrons. The van der Waals surface area contributed by atoms with Crippen LogP contribution in [-0.4, -0.2) is 46.3 Å². The summed E-state index contributed by atoms with van der Waals surface area (Å²) in [6.45, 7) is 11.1. The zero-order chi connectivity index (χ0) is 14.8. The topological polar surface area (TPSA) is 50.2 Å². The van der Waals surface area contributed by atoms with Gasteiger partial charge >= 0.3 is 0 Å². The third-order valence-electron chi connectivity index (χ3n) is 3.72. The molecule has 0 spiro atoms. The molecular weight excluding hydrogens is 288 g/mol. The van der Waals surface area contributed by atoms with Crippen molar-refractivity contribution in [1.82, 2.24) is 20.0 Å². The number of hydrogen-bond acceptors (Lipinski definition) is 3. The summed E-state index contributed by atoms with van der Waals surface area (Å²) in [7, 11) is 0. The summed E-state index contributed by atoms with van der Waals surface area (Å²) in [5, 5.41) is 7.66.